The Labute approximate surface area is 185 Å². The molecule has 32 heavy (non-hydrogen) atoms. The van der Waals surface area contributed by atoms with Crippen LogP contribution in [0.2, 0.25) is 5.02 Å². The van der Waals surface area contributed by atoms with Crippen molar-refractivity contribution in [3.05, 3.63) is 53.1 Å². The maximum absolute atomic E-state index is 15.4. The summed E-state index contributed by atoms with van der Waals surface area (Å²) in [6.45, 7) is 0.584. The Bertz CT molecular complexity index is 1180. The van der Waals surface area contributed by atoms with Crippen LogP contribution in [-0.4, -0.2) is 37.8 Å². The smallest absolute Gasteiger partial charge is 0.369 e. The summed E-state index contributed by atoms with van der Waals surface area (Å²) < 4.78 is 55.1. The van der Waals surface area contributed by atoms with Crippen LogP contribution in [0, 0.1) is 11.3 Å². The minimum absolute atomic E-state index is 0.134. The molecule has 0 bridgehead atoms. The van der Waals surface area contributed by atoms with Crippen molar-refractivity contribution in [2.75, 3.05) is 18.0 Å². The summed E-state index contributed by atoms with van der Waals surface area (Å²) in [7, 11) is 1.68. The summed E-state index contributed by atoms with van der Waals surface area (Å²) in [6, 6.07) is 5.11. The number of hydrogen-bond donors (Lipinski definition) is 0. The van der Waals surface area contributed by atoms with Gasteiger partial charge < -0.3 is 9.47 Å². The fourth-order valence-corrected chi connectivity index (χ4v) is 4.13. The lowest BCUT2D eigenvalue weighted by atomic mass is 9.91. The fourth-order valence-electron chi connectivity index (χ4n) is 3.79. The van der Waals surface area contributed by atoms with Gasteiger partial charge in [0, 0.05) is 50.9 Å². The number of aryl methyl sites for hydroxylation is 1. The van der Waals surface area contributed by atoms with Crippen molar-refractivity contribution >= 4 is 17.3 Å². The highest BCUT2D eigenvalue weighted by Gasteiger charge is 2.41. The molecular formula is C20H16ClF4N7. The summed E-state index contributed by atoms with van der Waals surface area (Å²) in [6.07, 6.45) is -0.881. The molecule has 12 heteroatoms. The SMILES string of the molecule is Cn1cnnc1C1(F)CCN(c2c(Cl)cc(-c3cnc(C(F)(F)F)nc3)cc2C#N)CC1. The van der Waals surface area contributed by atoms with Crippen molar-refractivity contribution in [2.45, 2.75) is 24.7 Å². The number of halogens is 5. The first-order valence-corrected chi connectivity index (χ1v) is 9.92. The number of benzene rings is 1. The second-order valence-electron chi connectivity index (χ2n) is 7.48. The summed E-state index contributed by atoms with van der Waals surface area (Å²) in [5.41, 5.74) is -0.284. The minimum atomic E-state index is -4.65. The van der Waals surface area contributed by atoms with Crippen molar-refractivity contribution in [3.8, 4) is 17.2 Å². The van der Waals surface area contributed by atoms with E-state index in [1.54, 1.807) is 11.6 Å². The number of anilines is 1. The molecule has 0 radical (unpaired) electrons. The molecular weight excluding hydrogens is 450 g/mol. The number of piperidine rings is 1. The van der Waals surface area contributed by atoms with Crippen LogP contribution in [0.1, 0.15) is 30.1 Å². The number of rotatable bonds is 3. The van der Waals surface area contributed by atoms with Gasteiger partial charge in [-0.2, -0.15) is 18.4 Å². The molecule has 1 fully saturated rings. The largest absolute Gasteiger partial charge is 0.451 e. The Morgan fingerprint density at radius 1 is 1.12 bits per heavy atom. The topological polar surface area (TPSA) is 83.5 Å². The van der Waals surface area contributed by atoms with Gasteiger partial charge in [-0.15, -0.1) is 10.2 Å². The van der Waals surface area contributed by atoms with Crippen molar-refractivity contribution in [2.24, 2.45) is 7.05 Å². The minimum Gasteiger partial charge on any atom is -0.369 e. The van der Waals surface area contributed by atoms with Crippen LogP contribution in [-0.2, 0) is 18.9 Å². The van der Waals surface area contributed by atoms with Gasteiger partial charge in [0.1, 0.15) is 12.4 Å². The number of nitriles is 1. The van der Waals surface area contributed by atoms with Crippen molar-refractivity contribution in [1.82, 2.24) is 24.7 Å². The molecule has 0 atom stereocenters. The quantitative estimate of drug-likeness (QED) is 0.537. The third kappa shape index (κ3) is 3.98. The molecule has 0 amide bonds. The van der Waals surface area contributed by atoms with E-state index in [0.717, 1.165) is 12.4 Å². The van der Waals surface area contributed by atoms with E-state index < -0.39 is 17.7 Å². The Kier molecular flexibility index (Phi) is 5.50. The normalized spacial score (nSPS) is 16.1. The molecule has 2 aromatic heterocycles. The standard InChI is InChI=1S/C20H16ClF4N7/c1-31-11-29-30-18(31)19(22)2-4-32(5-3-19)16-13(8-26)6-12(7-15(16)21)14-9-27-17(28-10-14)20(23,24)25/h6-7,9-11H,2-5H2,1H3. The van der Waals surface area contributed by atoms with E-state index >= 15 is 4.39 Å². The predicted octanol–water partition coefficient (Wildman–Crippen LogP) is 4.28. The molecule has 0 saturated carbocycles. The Morgan fingerprint density at radius 2 is 1.78 bits per heavy atom. The van der Waals surface area contributed by atoms with Gasteiger partial charge in [-0.1, -0.05) is 11.6 Å². The molecule has 1 aromatic carbocycles. The summed E-state index contributed by atoms with van der Waals surface area (Å²) in [5, 5.41) is 17.5. The van der Waals surface area contributed by atoms with E-state index in [9.17, 15) is 18.4 Å². The Hall–Kier alpha value is -3.26. The van der Waals surface area contributed by atoms with E-state index in [1.165, 1.54) is 18.5 Å². The lowest BCUT2D eigenvalue weighted by molar-refractivity contribution is -0.144. The van der Waals surface area contributed by atoms with E-state index in [2.05, 4.69) is 26.2 Å². The monoisotopic (exact) mass is 465 g/mol. The molecule has 4 rings (SSSR count). The van der Waals surface area contributed by atoms with Gasteiger partial charge in [-0.25, -0.2) is 14.4 Å². The molecule has 1 aliphatic rings. The second-order valence-corrected chi connectivity index (χ2v) is 7.88. The van der Waals surface area contributed by atoms with E-state index in [0.29, 0.717) is 24.3 Å². The number of hydrogen-bond acceptors (Lipinski definition) is 6. The molecule has 0 N–H and O–H groups in total. The van der Waals surface area contributed by atoms with Gasteiger partial charge in [-0.3, -0.25) is 0 Å². The lowest BCUT2D eigenvalue weighted by Crippen LogP contribution is -2.42. The average Bonchev–Trinajstić information content (AvgIpc) is 3.20. The molecule has 3 heterocycles. The summed E-state index contributed by atoms with van der Waals surface area (Å²) in [4.78, 5) is 8.51. The number of alkyl halides is 4. The van der Waals surface area contributed by atoms with Gasteiger partial charge in [0.15, 0.2) is 11.5 Å². The first kappa shape index (κ1) is 22.0. The van der Waals surface area contributed by atoms with Crippen molar-refractivity contribution < 1.29 is 17.6 Å². The third-order valence-electron chi connectivity index (χ3n) is 5.41. The first-order valence-electron chi connectivity index (χ1n) is 9.54. The maximum atomic E-state index is 15.4. The van der Waals surface area contributed by atoms with E-state index in [-0.39, 0.29) is 34.8 Å². The van der Waals surface area contributed by atoms with Crippen molar-refractivity contribution in [3.63, 3.8) is 0 Å². The van der Waals surface area contributed by atoms with Gasteiger partial charge >= 0.3 is 6.18 Å². The van der Waals surface area contributed by atoms with E-state index in [1.807, 2.05) is 4.90 Å². The molecule has 3 aromatic rings. The predicted molar refractivity (Wildman–Crippen MR) is 107 cm³/mol. The van der Waals surface area contributed by atoms with Gasteiger partial charge in [0.25, 0.3) is 0 Å². The van der Waals surface area contributed by atoms with Gasteiger partial charge in [0.2, 0.25) is 5.82 Å². The fraction of sp³-hybridized carbons (Fsp3) is 0.350. The van der Waals surface area contributed by atoms with Crippen LogP contribution in [0.5, 0.6) is 0 Å². The first-order chi connectivity index (χ1) is 15.1. The van der Waals surface area contributed by atoms with Crippen LogP contribution in [0.25, 0.3) is 11.1 Å². The van der Waals surface area contributed by atoms with Crippen LogP contribution in [0.3, 0.4) is 0 Å². The molecule has 0 unspecified atom stereocenters. The highest BCUT2D eigenvalue weighted by atomic mass is 35.5. The van der Waals surface area contributed by atoms with Crippen LogP contribution >= 0.6 is 11.6 Å². The second kappa shape index (κ2) is 8.02. The zero-order valence-electron chi connectivity index (χ0n) is 16.7. The molecule has 7 nitrogen and oxygen atoms in total. The van der Waals surface area contributed by atoms with Crippen LogP contribution in [0.4, 0.5) is 23.2 Å². The molecule has 0 aliphatic carbocycles. The summed E-state index contributed by atoms with van der Waals surface area (Å²) >= 11 is 6.46. The van der Waals surface area contributed by atoms with Gasteiger partial charge in [-0.05, 0) is 17.7 Å². The molecule has 0 spiro atoms. The highest BCUT2D eigenvalue weighted by Crippen LogP contribution is 2.41. The zero-order chi connectivity index (χ0) is 23.1. The Balaban J connectivity index is 1.60. The van der Waals surface area contributed by atoms with Crippen LogP contribution in [0.15, 0.2) is 30.9 Å². The van der Waals surface area contributed by atoms with Crippen molar-refractivity contribution in [1.29, 1.82) is 5.26 Å². The average molecular weight is 466 g/mol. The van der Waals surface area contributed by atoms with E-state index in [4.69, 9.17) is 11.6 Å². The zero-order valence-corrected chi connectivity index (χ0v) is 17.5. The maximum Gasteiger partial charge on any atom is 0.451 e. The number of aromatic nitrogens is 5. The van der Waals surface area contributed by atoms with Gasteiger partial charge in [0.05, 0.1) is 16.3 Å². The third-order valence-corrected chi connectivity index (χ3v) is 5.70. The Morgan fingerprint density at radius 3 is 2.31 bits per heavy atom. The number of nitrogens with zero attached hydrogens (tertiary/aromatic N) is 7. The molecule has 1 saturated heterocycles. The molecule has 166 valence electrons. The molecule has 1 aliphatic heterocycles. The van der Waals surface area contributed by atoms with Crippen LogP contribution < -0.4 is 4.90 Å². The summed E-state index contributed by atoms with van der Waals surface area (Å²) in [5.74, 6) is -1.00. The lowest BCUT2D eigenvalue weighted by Gasteiger charge is -2.37. The highest BCUT2D eigenvalue weighted by molar-refractivity contribution is 6.34.